The Labute approximate surface area is 129 Å². The molecule has 0 N–H and O–H groups in total. The van der Waals surface area contributed by atoms with Crippen LogP contribution in [-0.2, 0) is 13.5 Å². The van der Waals surface area contributed by atoms with Gasteiger partial charge in [0, 0.05) is 44.3 Å². The van der Waals surface area contributed by atoms with E-state index in [0.717, 1.165) is 23.0 Å². The third kappa shape index (κ3) is 2.70. The first kappa shape index (κ1) is 14.3. The smallest absolute Gasteiger partial charge is 0.274 e. The van der Waals surface area contributed by atoms with Crippen LogP contribution in [0.5, 0.6) is 0 Å². The van der Waals surface area contributed by atoms with E-state index in [-0.39, 0.29) is 5.91 Å². The van der Waals surface area contributed by atoms with Gasteiger partial charge < -0.3 is 4.90 Å². The molecule has 0 aliphatic carbocycles. The molecule has 0 atom stereocenters. The van der Waals surface area contributed by atoms with Gasteiger partial charge in [0.05, 0.1) is 5.52 Å². The molecule has 1 amide bonds. The number of rotatable bonds is 4. The molecule has 112 valence electrons. The largest absolute Gasteiger partial charge is 0.340 e. The molecule has 0 unspecified atom stereocenters. The lowest BCUT2D eigenvalue weighted by atomic mass is 10.2. The number of amides is 1. The number of carbonyl (C=O) groups excluding carboxylic acids is 1. The lowest BCUT2D eigenvalue weighted by Gasteiger charge is -2.15. The van der Waals surface area contributed by atoms with Gasteiger partial charge in [0.2, 0.25) is 0 Å². The molecule has 0 bridgehead atoms. The molecule has 2 heterocycles. The Hall–Kier alpha value is -2.69. The Bertz CT molecular complexity index is 795. The lowest BCUT2D eigenvalue weighted by Crippen LogP contribution is -2.29. The van der Waals surface area contributed by atoms with E-state index in [1.165, 1.54) is 0 Å². The zero-order valence-electron chi connectivity index (χ0n) is 12.7. The summed E-state index contributed by atoms with van der Waals surface area (Å²) in [6, 6.07) is 13.6. The van der Waals surface area contributed by atoms with Crippen molar-refractivity contribution in [1.29, 1.82) is 0 Å². The van der Waals surface area contributed by atoms with Gasteiger partial charge in [0.1, 0.15) is 0 Å². The van der Waals surface area contributed by atoms with Crippen LogP contribution in [-0.4, -0.2) is 39.2 Å². The lowest BCUT2D eigenvalue weighted by molar-refractivity contribution is 0.0791. The van der Waals surface area contributed by atoms with Gasteiger partial charge in [-0.25, -0.2) is 0 Å². The van der Waals surface area contributed by atoms with Gasteiger partial charge in [-0.15, -0.1) is 0 Å². The van der Waals surface area contributed by atoms with E-state index in [0.29, 0.717) is 12.2 Å². The maximum atomic E-state index is 12.6. The molecule has 0 fully saturated rings. The number of aryl methyl sites for hydroxylation is 1. The molecule has 5 nitrogen and oxygen atoms in total. The number of pyridine rings is 1. The van der Waals surface area contributed by atoms with Gasteiger partial charge in [-0.1, -0.05) is 24.3 Å². The van der Waals surface area contributed by atoms with Crippen molar-refractivity contribution < 1.29 is 4.79 Å². The Morgan fingerprint density at radius 2 is 1.95 bits per heavy atom. The quantitative estimate of drug-likeness (QED) is 0.742. The molecular formula is C17H18N4O. The summed E-state index contributed by atoms with van der Waals surface area (Å²) in [4.78, 5) is 18.6. The molecule has 0 radical (unpaired) electrons. The van der Waals surface area contributed by atoms with Crippen LogP contribution in [0.4, 0.5) is 0 Å². The Balaban J connectivity index is 1.77. The first-order valence-corrected chi connectivity index (χ1v) is 7.24. The number of para-hydroxylation sites is 1. The van der Waals surface area contributed by atoms with E-state index in [4.69, 9.17) is 0 Å². The van der Waals surface area contributed by atoms with E-state index >= 15 is 0 Å². The highest BCUT2D eigenvalue weighted by atomic mass is 16.2. The van der Waals surface area contributed by atoms with Gasteiger partial charge in [0.15, 0.2) is 5.69 Å². The summed E-state index contributed by atoms with van der Waals surface area (Å²) in [5, 5.41) is 5.26. The molecule has 0 saturated heterocycles. The first-order chi connectivity index (χ1) is 10.7. The number of hydrogen-bond donors (Lipinski definition) is 0. The number of carbonyl (C=O) groups is 1. The average Bonchev–Trinajstić information content (AvgIpc) is 2.90. The molecule has 3 aromatic rings. The predicted molar refractivity (Wildman–Crippen MR) is 85.6 cm³/mol. The third-order valence-corrected chi connectivity index (χ3v) is 3.74. The fourth-order valence-electron chi connectivity index (χ4n) is 2.48. The summed E-state index contributed by atoms with van der Waals surface area (Å²) in [6.45, 7) is 0.612. The minimum absolute atomic E-state index is 0.0623. The summed E-state index contributed by atoms with van der Waals surface area (Å²) in [7, 11) is 3.65. The standard InChI is InChI=1S/C17H18N4O/c1-20(12-10-13-7-5-6-11-18-13)17(22)16-14-8-3-4-9-15(14)21(2)19-16/h3-9,11H,10,12H2,1-2H3. The Morgan fingerprint density at radius 1 is 1.18 bits per heavy atom. The minimum Gasteiger partial charge on any atom is -0.340 e. The number of nitrogens with zero attached hydrogens (tertiary/aromatic N) is 4. The molecule has 5 heteroatoms. The van der Waals surface area contributed by atoms with Crippen molar-refractivity contribution in [3.05, 3.63) is 60.0 Å². The van der Waals surface area contributed by atoms with E-state index in [2.05, 4.69) is 10.1 Å². The SMILES string of the molecule is CN(CCc1ccccn1)C(=O)c1nn(C)c2ccccc12. The summed E-state index contributed by atoms with van der Waals surface area (Å²) < 4.78 is 1.75. The monoisotopic (exact) mass is 294 g/mol. The Kier molecular flexibility index (Phi) is 3.87. The van der Waals surface area contributed by atoms with Crippen LogP contribution >= 0.6 is 0 Å². The van der Waals surface area contributed by atoms with Gasteiger partial charge in [-0.05, 0) is 18.2 Å². The van der Waals surface area contributed by atoms with Crippen molar-refractivity contribution in [2.45, 2.75) is 6.42 Å². The zero-order chi connectivity index (χ0) is 15.5. The van der Waals surface area contributed by atoms with Crippen molar-refractivity contribution >= 4 is 16.8 Å². The van der Waals surface area contributed by atoms with Crippen LogP contribution in [0.3, 0.4) is 0 Å². The average molecular weight is 294 g/mol. The second-order valence-corrected chi connectivity index (χ2v) is 5.29. The van der Waals surface area contributed by atoms with Crippen molar-refractivity contribution in [2.75, 3.05) is 13.6 Å². The fraction of sp³-hybridized carbons (Fsp3) is 0.235. The molecule has 22 heavy (non-hydrogen) atoms. The summed E-state index contributed by atoms with van der Waals surface area (Å²) in [5.41, 5.74) is 2.44. The van der Waals surface area contributed by atoms with Crippen LogP contribution < -0.4 is 0 Å². The number of aromatic nitrogens is 3. The van der Waals surface area contributed by atoms with Crippen molar-refractivity contribution in [2.24, 2.45) is 7.05 Å². The molecule has 0 aliphatic heterocycles. The number of hydrogen-bond acceptors (Lipinski definition) is 3. The fourth-order valence-corrected chi connectivity index (χ4v) is 2.48. The van der Waals surface area contributed by atoms with Gasteiger partial charge in [-0.2, -0.15) is 5.10 Å². The Morgan fingerprint density at radius 3 is 2.73 bits per heavy atom. The maximum absolute atomic E-state index is 12.6. The van der Waals surface area contributed by atoms with E-state index in [9.17, 15) is 4.79 Å². The summed E-state index contributed by atoms with van der Waals surface area (Å²) >= 11 is 0. The van der Waals surface area contributed by atoms with Gasteiger partial charge >= 0.3 is 0 Å². The predicted octanol–water partition coefficient (Wildman–Crippen LogP) is 2.28. The normalized spacial score (nSPS) is 10.8. The third-order valence-electron chi connectivity index (χ3n) is 3.74. The highest BCUT2D eigenvalue weighted by Crippen LogP contribution is 2.18. The first-order valence-electron chi connectivity index (χ1n) is 7.24. The summed E-state index contributed by atoms with van der Waals surface area (Å²) in [5.74, 6) is -0.0623. The number of benzene rings is 1. The molecule has 0 spiro atoms. The number of fused-ring (bicyclic) bond motifs is 1. The van der Waals surface area contributed by atoms with Crippen LogP contribution in [0.1, 0.15) is 16.2 Å². The minimum atomic E-state index is -0.0623. The highest BCUT2D eigenvalue weighted by molar-refractivity contribution is 6.04. The molecule has 3 rings (SSSR count). The number of likely N-dealkylation sites (N-methyl/N-ethyl adjacent to an activating group) is 1. The summed E-state index contributed by atoms with van der Waals surface area (Å²) in [6.07, 6.45) is 2.50. The van der Waals surface area contributed by atoms with Crippen molar-refractivity contribution in [3.63, 3.8) is 0 Å². The molecule has 1 aromatic carbocycles. The maximum Gasteiger partial charge on any atom is 0.274 e. The topological polar surface area (TPSA) is 51.0 Å². The molecule has 0 saturated carbocycles. The van der Waals surface area contributed by atoms with E-state index in [1.807, 2.05) is 49.5 Å². The van der Waals surface area contributed by atoms with Crippen LogP contribution in [0.2, 0.25) is 0 Å². The van der Waals surface area contributed by atoms with E-state index < -0.39 is 0 Å². The molecular weight excluding hydrogens is 276 g/mol. The van der Waals surface area contributed by atoms with Crippen molar-refractivity contribution in [3.8, 4) is 0 Å². The molecule has 2 aromatic heterocycles. The molecule has 0 aliphatic rings. The second-order valence-electron chi connectivity index (χ2n) is 5.29. The zero-order valence-corrected chi connectivity index (χ0v) is 12.7. The van der Waals surface area contributed by atoms with E-state index in [1.54, 1.807) is 22.8 Å². The second kappa shape index (κ2) is 5.97. The van der Waals surface area contributed by atoms with Crippen molar-refractivity contribution in [1.82, 2.24) is 19.7 Å². The van der Waals surface area contributed by atoms with Crippen LogP contribution in [0.25, 0.3) is 10.9 Å². The van der Waals surface area contributed by atoms with Gasteiger partial charge in [0.25, 0.3) is 5.91 Å². The highest BCUT2D eigenvalue weighted by Gasteiger charge is 2.19. The van der Waals surface area contributed by atoms with Crippen LogP contribution in [0, 0.1) is 0 Å². The van der Waals surface area contributed by atoms with Crippen LogP contribution in [0.15, 0.2) is 48.7 Å². The van der Waals surface area contributed by atoms with Gasteiger partial charge in [-0.3, -0.25) is 14.5 Å².